The normalized spacial score (nSPS) is 13.1. The highest BCUT2D eigenvalue weighted by Gasteiger charge is 2.38. The molecule has 0 aliphatic heterocycles. The quantitative estimate of drug-likeness (QED) is 0.177. The molecule has 6 heteroatoms. The maximum Gasteiger partial charge on any atom is 0.164 e. The van der Waals surface area contributed by atoms with Gasteiger partial charge in [0.1, 0.15) is 5.01 Å². The Bertz CT molecular complexity index is 3050. The Morgan fingerprint density at radius 2 is 1.05 bits per heavy atom. The van der Waals surface area contributed by atoms with Gasteiger partial charge < -0.3 is 4.57 Å². The molecule has 10 aromatic rings. The predicted octanol–water partition coefficient (Wildman–Crippen LogP) is 12.6. The lowest BCUT2D eigenvalue weighted by atomic mass is 9.82. The van der Waals surface area contributed by atoms with Gasteiger partial charge in [-0.2, -0.15) is 0 Å². The first-order valence-electron chi connectivity index (χ1n) is 18.6. The highest BCUT2D eigenvalue weighted by atomic mass is 32.1. The van der Waals surface area contributed by atoms with Crippen molar-refractivity contribution in [3.05, 3.63) is 175 Å². The van der Waals surface area contributed by atoms with Crippen molar-refractivity contribution in [1.82, 2.24) is 24.5 Å². The molecule has 1 aliphatic rings. The van der Waals surface area contributed by atoms with Crippen LogP contribution in [0, 0.1) is 0 Å². The third-order valence-corrected chi connectivity index (χ3v) is 12.1. The van der Waals surface area contributed by atoms with Gasteiger partial charge in [-0.1, -0.05) is 135 Å². The van der Waals surface area contributed by atoms with E-state index < -0.39 is 0 Å². The Balaban J connectivity index is 1.05. The van der Waals surface area contributed by atoms with Crippen LogP contribution >= 0.6 is 11.3 Å². The number of hydrogen-bond acceptors (Lipinski definition) is 5. The van der Waals surface area contributed by atoms with Gasteiger partial charge in [-0.15, -0.1) is 11.3 Å². The average Bonchev–Trinajstić information content (AvgIpc) is 3.89. The fourth-order valence-corrected chi connectivity index (χ4v) is 9.42. The lowest BCUT2D eigenvalue weighted by Gasteiger charge is -2.22. The first-order valence-corrected chi connectivity index (χ1v) is 19.4. The maximum absolute atomic E-state index is 5.26. The summed E-state index contributed by atoms with van der Waals surface area (Å²) >= 11 is 1.77. The van der Waals surface area contributed by atoms with E-state index >= 15 is 0 Å². The molecule has 0 radical (unpaired) electrons. The second-order valence-corrected chi connectivity index (χ2v) is 15.7. The molecule has 3 aromatic heterocycles. The minimum atomic E-state index is -0.236. The van der Waals surface area contributed by atoms with Gasteiger partial charge in [-0.05, 0) is 64.7 Å². The zero-order valence-electron chi connectivity index (χ0n) is 30.2. The van der Waals surface area contributed by atoms with Crippen molar-refractivity contribution in [2.24, 2.45) is 0 Å². The van der Waals surface area contributed by atoms with E-state index in [-0.39, 0.29) is 5.41 Å². The third-order valence-electron chi connectivity index (χ3n) is 11.1. The van der Waals surface area contributed by atoms with E-state index in [1.807, 2.05) is 60.7 Å². The van der Waals surface area contributed by atoms with Crippen LogP contribution in [0.4, 0.5) is 0 Å². The summed E-state index contributed by atoms with van der Waals surface area (Å²) in [5, 5.41) is 3.39. The van der Waals surface area contributed by atoms with Gasteiger partial charge in [0.15, 0.2) is 17.5 Å². The maximum atomic E-state index is 5.26. The molecule has 0 saturated heterocycles. The molecule has 0 saturated carbocycles. The van der Waals surface area contributed by atoms with E-state index in [1.165, 1.54) is 32.3 Å². The van der Waals surface area contributed by atoms with Gasteiger partial charge in [-0.25, -0.2) is 19.9 Å². The van der Waals surface area contributed by atoms with E-state index in [1.54, 1.807) is 11.3 Å². The Morgan fingerprint density at radius 1 is 0.473 bits per heavy atom. The smallest absolute Gasteiger partial charge is 0.164 e. The second-order valence-electron chi connectivity index (χ2n) is 14.7. The van der Waals surface area contributed by atoms with Crippen LogP contribution in [0.2, 0.25) is 0 Å². The number of thiazole rings is 1. The van der Waals surface area contributed by atoms with Crippen molar-refractivity contribution in [3.63, 3.8) is 0 Å². The molecule has 0 N–H and O–H groups in total. The predicted molar refractivity (Wildman–Crippen MR) is 227 cm³/mol. The van der Waals surface area contributed by atoms with Crippen LogP contribution in [0.5, 0.6) is 0 Å². The summed E-state index contributed by atoms with van der Waals surface area (Å²) in [5.74, 6) is 1.95. The van der Waals surface area contributed by atoms with Gasteiger partial charge in [0.05, 0.1) is 21.3 Å². The molecule has 7 aromatic carbocycles. The molecule has 3 heterocycles. The van der Waals surface area contributed by atoms with Gasteiger partial charge in [-0.3, -0.25) is 0 Å². The third kappa shape index (κ3) is 4.99. The molecule has 0 atom stereocenters. The zero-order chi connectivity index (χ0) is 36.7. The molecule has 0 bridgehead atoms. The molecule has 5 nitrogen and oxygen atoms in total. The number of benzene rings is 7. The molecule has 260 valence electrons. The highest BCUT2D eigenvalue weighted by Crippen LogP contribution is 2.53. The summed E-state index contributed by atoms with van der Waals surface area (Å²) in [7, 11) is 0. The molecular formula is C49H33N5S. The van der Waals surface area contributed by atoms with Gasteiger partial charge in [0.2, 0.25) is 0 Å². The van der Waals surface area contributed by atoms with E-state index in [2.05, 4.69) is 122 Å². The lowest BCUT2D eigenvalue weighted by Crippen LogP contribution is -2.16. The van der Waals surface area contributed by atoms with Crippen LogP contribution in [0.15, 0.2) is 164 Å². The Labute approximate surface area is 322 Å². The molecule has 11 rings (SSSR count). The number of hydrogen-bond donors (Lipinski definition) is 0. The van der Waals surface area contributed by atoms with Crippen LogP contribution in [0.25, 0.3) is 93.6 Å². The Hall–Kier alpha value is -6.76. The van der Waals surface area contributed by atoms with E-state index in [9.17, 15) is 0 Å². The van der Waals surface area contributed by atoms with Gasteiger partial charge in [0.25, 0.3) is 0 Å². The summed E-state index contributed by atoms with van der Waals surface area (Å²) < 4.78 is 3.62. The molecule has 55 heavy (non-hydrogen) atoms. The largest absolute Gasteiger partial charge is 0.309 e. The second kappa shape index (κ2) is 12.1. The van der Waals surface area contributed by atoms with Crippen molar-refractivity contribution in [3.8, 4) is 61.5 Å². The van der Waals surface area contributed by atoms with Crippen molar-refractivity contribution in [1.29, 1.82) is 0 Å². The van der Waals surface area contributed by atoms with E-state index in [4.69, 9.17) is 19.9 Å². The summed E-state index contributed by atoms with van der Waals surface area (Å²) in [6.45, 7) is 4.70. The molecular weight excluding hydrogens is 691 g/mol. The molecule has 0 amide bonds. The molecule has 0 fully saturated rings. The van der Waals surface area contributed by atoms with Crippen molar-refractivity contribution in [2.45, 2.75) is 19.3 Å². The van der Waals surface area contributed by atoms with Crippen molar-refractivity contribution < 1.29 is 0 Å². The van der Waals surface area contributed by atoms with Gasteiger partial charge >= 0.3 is 0 Å². The standard InChI is InChI=1S/C49H33N5S/c1-49(2)39-29-34(23-24-35(39)37-25-27-42-44(43(37)49)50-48(55-42)32-18-10-5-11-19-32)54-40-21-13-12-20-36(40)38-28-33(22-26-41(38)54)47-52-45(30-14-6-3-7-15-30)51-46(53-47)31-16-8-4-9-17-31/h3-29H,1-2H3. The van der Waals surface area contributed by atoms with Crippen LogP contribution in [-0.4, -0.2) is 24.5 Å². The van der Waals surface area contributed by atoms with Crippen molar-refractivity contribution >= 4 is 43.4 Å². The summed E-state index contributed by atoms with van der Waals surface area (Å²) in [6.07, 6.45) is 0. The van der Waals surface area contributed by atoms with Gasteiger partial charge in [0, 0.05) is 44.1 Å². The Morgan fingerprint density at radius 3 is 1.75 bits per heavy atom. The lowest BCUT2D eigenvalue weighted by molar-refractivity contribution is 0.664. The SMILES string of the molecule is CC1(C)c2cc(-n3c4ccccc4c4cc(-c5nc(-c6ccccc6)nc(-c6ccccc6)n5)ccc43)ccc2-c2ccc3sc(-c4ccccc4)nc3c21. The van der Waals surface area contributed by atoms with Crippen LogP contribution in [0.1, 0.15) is 25.0 Å². The number of rotatable bonds is 5. The molecule has 0 spiro atoms. The highest BCUT2D eigenvalue weighted by molar-refractivity contribution is 7.21. The first kappa shape index (κ1) is 31.7. The molecule has 1 aliphatic carbocycles. The average molecular weight is 724 g/mol. The fourth-order valence-electron chi connectivity index (χ4n) is 8.44. The minimum absolute atomic E-state index is 0.236. The number of aromatic nitrogens is 5. The Kier molecular flexibility index (Phi) is 7.00. The topological polar surface area (TPSA) is 56.5 Å². The number of para-hydroxylation sites is 1. The van der Waals surface area contributed by atoms with E-state index in [0.717, 1.165) is 54.9 Å². The van der Waals surface area contributed by atoms with Crippen LogP contribution < -0.4 is 0 Å². The van der Waals surface area contributed by atoms with Crippen LogP contribution in [-0.2, 0) is 5.41 Å². The summed E-state index contributed by atoms with van der Waals surface area (Å²) in [6, 6.07) is 57.6. The van der Waals surface area contributed by atoms with E-state index in [0.29, 0.717) is 17.5 Å². The monoisotopic (exact) mass is 723 g/mol. The minimum Gasteiger partial charge on any atom is -0.309 e. The fraction of sp³-hybridized carbons (Fsp3) is 0.0612. The summed E-state index contributed by atoms with van der Waals surface area (Å²) in [4.78, 5) is 20.2. The first-order chi connectivity index (χ1) is 27.0. The summed E-state index contributed by atoms with van der Waals surface area (Å²) in [5.41, 5.74) is 13.5. The van der Waals surface area contributed by atoms with Crippen LogP contribution in [0.3, 0.4) is 0 Å². The number of fused-ring (bicyclic) bond motifs is 8. The zero-order valence-corrected chi connectivity index (χ0v) is 31.0. The van der Waals surface area contributed by atoms with Crippen molar-refractivity contribution in [2.75, 3.05) is 0 Å². The number of nitrogens with zero attached hydrogens (tertiary/aromatic N) is 5. The molecule has 0 unspecified atom stereocenters.